The SMILES string of the molecule is Cc1nn(-c2ccccc2)cc1/C=N\NC(=O)Cc1ccccc1. The van der Waals surface area contributed by atoms with Gasteiger partial charge in [-0.3, -0.25) is 4.79 Å². The number of para-hydroxylation sites is 1. The van der Waals surface area contributed by atoms with Crippen LogP contribution in [0.5, 0.6) is 0 Å². The van der Waals surface area contributed by atoms with Gasteiger partial charge in [-0.25, -0.2) is 10.1 Å². The van der Waals surface area contributed by atoms with Crippen molar-refractivity contribution in [2.45, 2.75) is 13.3 Å². The number of nitrogens with one attached hydrogen (secondary N) is 1. The topological polar surface area (TPSA) is 59.3 Å². The number of carbonyl (C=O) groups excluding carboxylic acids is 1. The molecule has 1 N–H and O–H groups in total. The summed E-state index contributed by atoms with van der Waals surface area (Å²) in [6.07, 6.45) is 3.81. The Bertz CT molecular complexity index is 838. The first-order valence-electron chi connectivity index (χ1n) is 7.70. The summed E-state index contributed by atoms with van der Waals surface area (Å²) in [4.78, 5) is 11.9. The molecule has 1 amide bonds. The highest BCUT2D eigenvalue weighted by Crippen LogP contribution is 2.10. The number of aryl methyl sites for hydroxylation is 1. The highest BCUT2D eigenvalue weighted by atomic mass is 16.2. The molecule has 0 spiro atoms. The van der Waals surface area contributed by atoms with Crippen LogP contribution in [-0.2, 0) is 11.2 Å². The fourth-order valence-corrected chi connectivity index (χ4v) is 2.31. The van der Waals surface area contributed by atoms with E-state index >= 15 is 0 Å². The molecule has 0 unspecified atom stereocenters. The second-order valence-corrected chi connectivity index (χ2v) is 5.41. The van der Waals surface area contributed by atoms with E-state index in [1.165, 1.54) is 0 Å². The molecule has 0 atom stereocenters. The van der Waals surface area contributed by atoms with E-state index in [0.717, 1.165) is 22.5 Å². The highest BCUT2D eigenvalue weighted by Gasteiger charge is 2.05. The maximum Gasteiger partial charge on any atom is 0.244 e. The standard InChI is InChI=1S/C19H18N4O/c1-15-17(14-23(22-15)18-10-6-3-7-11-18)13-20-21-19(24)12-16-8-4-2-5-9-16/h2-11,13-14H,12H2,1H3,(H,21,24)/b20-13-. The van der Waals surface area contributed by atoms with Crippen LogP contribution in [0.25, 0.3) is 5.69 Å². The van der Waals surface area contributed by atoms with Crippen molar-refractivity contribution in [3.8, 4) is 5.69 Å². The second-order valence-electron chi connectivity index (χ2n) is 5.41. The van der Waals surface area contributed by atoms with Gasteiger partial charge >= 0.3 is 0 Å². The van der Waals surface area contributed by atoms with Crippen LogP contribution in [0.4, 0.5) is 0 Å². The molecule has 0 saturated carbocycles. The molecule has 0 aliphatic rings. The first-order chi connectivity index (χ1) is 11.7. The first kappa shape index (κ1) is 15.7. The molecule has 5 heteroatoms. The van der Waals surface area contributed by atoms with Crippen molar-refractivity contribution in [3.05, 3.63) is 83.7 Å². The first-order valence-corrected chi connectivity index (χ1v) is 7.70. The van der Waals surface area contributed by atoms with Crippen molar-refractivity contribution in [1.82, 2.24) is 15.2 Å². The van der Waals surface area contributed by atoms with E-state index in [-0.39, 0.29) is 5.91 Å². The smallest absolute Gasteiger partial charge is 0.244 e. The van der Waals surface area contributed by atoms with Gasteiger partial charge < -0.3 is 0 Å². The lowest BCUT2D eigenvalue weighted by Gasteiger charge is -1.99. The van der Waals surface area contributed by atoms with Crippen LogP contribution in [-0.4, -0.2) is 21.9 Å². The Morgan fingerprint density at radius 3 is 2.50 bits per heavy atom. The number of benzene rings is 2. The summed E-state index contributed by atoms with van der Waals surface area (Å²) in [5.74, 6) is -0.148. The molecule has 0 fully saturated rings. The summed E-state index contributed by atoms with van der Waals surface area (Å²) in [6, 6.07) is 19.4. The summed E-state index contributed by atoms with van der Waals surface area (Å²) in [5.41, 5.74) is 6.19. The number of hydrogen-bond donors (Lipinski definition) is 1. The molecule has 1 aromatic heterocycles. The van der Waals surface area contributed by atoms with Crippen molar-refractivity contribution in [2.75, 3.05) is 0 Å². The summed E-state index contributed by atoms with van der Waals surface area (Å²) >= 11 is 0. The predicted molar refractivity (Wildman–Crippen MR) is 94.2 cm³/mol. The molecule has 0 aliphatic heterocycles. The molecule has 0 radical (unpaired) electrons. The third-order valence-corrected chi connectivity index (χ3v) is 3.56. The average molecular weight is 318 g/mol. The number of amides is 1. The average Bonchev–Trinajstić information content (AvgIpc) is 2.98. The van der Waals surface area contributed by atoms with Gasteiger partial charge in [0.05, 0.1) is 24.0 Å². The van der Waals surface area contributed by atoms with Gasteiger partial charge in [-0.2, -0.15) is 10.2 Å². The Balaban J connectivity index is 1.63. The number of rotatable bonds is 5. The van der Waals surface area contributed by atoms with E-state index in [9.17, 15) is 4.79 Å². The zero-order valence-electron chi connectivity index (χ0n) is 13.4. The zero-order chi connectivity index (χ0) is 16.8. The summed E-state index contributed by atoms with van der Waals surface area (Å²) in [6.45, 7) is 1.91. The van der Waals surface area contributed by atoms with Gasteiger partial charge in [0.2, 0.25) is 5.91 Å². The maximum absolute atomic E-state index is 11.9. The van der Waals surface area contributed by atoms with Gasteiger partial charge in [-0.1, -0.05) is 48.5 Å². The molecule has 0 aliphatic carbocycles. The summed E-state index contributed by atoms with van der Waals surface area (Å²) in [5, 5.41) is 8.49. The van der Waals surface area contributed by atoms with Gasteiger partial charge in [0.25, 0.3) is 0 Å². The van der Waals surface area contributed by atoms with Crippen molar-refractivity contribution in [2.24, 2.45) is 5.10 Å². The minimum atomic E-state index is -0.148. The van der Waals surface area contributed by atoms with Crippen LogP contribution in [0.15, 0.2) is 72.0 Å². The number of hydrazone groups is 1. The normalized spacial score (nSPS) is 10.9. The fraction of sp³-hybridized carbons (Fsp3) is 0.105. The molecular formula is C19H18N4O. The van der Waals surface area contributed by atoms with Crippen molar-refractivity contribution in [3.63, 3.8) is 0 Å². The maximum atomic E-state index is 11.9. The minimum Gasteiger partial charge on any atom is -0.273 e. The Morgan fingerprint density at radius 1 is 1.12 bits per heavy atom. The number of carbonyl (C=O) groups is 1. The molecule has 24 heavy (non-hydrogen) atoms. The van der Waals surface area contributed by atoms with E-state index in [1.54, 1.807) is 10.9 Å². The van der Waals surface area contributed by atoms with Crippen molar-refractivity contribution < 1.29 is 4.79 Å². The van der Waals surface area contributed by atoms with E-state index in [4.69, 9.17) is 0 Å². The van der Waals surface area contributed by atoms with Crippen LogP contribution in [0.2, 0.25) is 0 Å². The van der Waals surface area contributed by atoms with E-state index in [2.05, 4.69) is 15.6 Å². The summed E-state index contributed by atoms with van der Waals surface area (Å²) in [7, 11) is 0. The largest absolute Gasteiger partial charge is 0.273 e. The van der Waals surface area contributed by atoms with Crippen LogP contribution >= 0.6 is 0 Å². The van der Waals surface area contributed by atoms with Crippen LogP contribution in [0, 0.1) is 6.92 Å². The lowest BCUT2D eigenvalue weighted by atomic mass is 10.1. The zero-order valence-corrected chi connectivity index (χ0v) is 13.4. The molecular weight excluding hydrogens is 300 g/mol. The van der Waals surface area contributed by atoms with Gasteiger partial charge in [-0.15, -0.1) is 0 Å². The monoisotopic (exact) mass is 318 g/mol. The predicted octanol–water partition coefficient (Wildman–Crippen LogP) is 2.87. The van der Waals surface area contributed by atoms with Crippen molar-refractivity contribution >= 4 is 12.1 Å². The molecule has 0 saturated heterocycles. The molecule has 0 bridgehead atoms. The highest BCUT2D eigenvalue weighted by molar-refractivity contribution is 5.84. The van der Waals surface area contributed by atoms with Crippen LogP contribution in [0.1, 0.15) is 16.8 Å². The Kier molecular flexibility index (Phi) is 4.81. The molecule has 1 heterocycles. The fourth-order valence-electron chi connectivity index (χ4n) is 2.31. The molecule has 3 rings (SSSR count). The van der Waals surface area contributed by atoms with Gasteiger partial charge in [0.1, 0.15) is 0 Å². The molecule has 3 aromatic rings. The number of nitrogens with zero attached hydrogens (tertiary/aromatic N) is 3. The third-order valence-electron chi connectivity index (χ3n) is 3.56. The lowest BCUT2D eigenvalue weighted by molar-refractivity contribution is -0.120. The number of aromatic nitrogens is 2. The molecule has 5 nitrogen and oxygen atoms in total. The quantitative estimate of drug-likeness (QED) is 0.581. The molecule has 2 aromatic carbocycles. The minimum absolute atomic E-state index is 0.148. The van der Waals surface area contributed by atoms with Gasteiger partial charge in [-0.05, 0) is 24.6 Å². The van der Waals surface area contributed by atoms with Crippen molar-refractivity contribution in [1.29, 1.82) is 0 Å². The Hall–Kier alpha value is -3.21. The van der Waals surface area contributed by atoms with Gasteiger partial charge in [0.15, 0.2) is 0 Å². The Morgan fingerprint density at radius 2 is 1.79 bits per heavy atom. The third kappa shape index (κ3) is 3.95. The lowest BCUT2D eigenvalue weighted by Crippen LogP contribution is -2.19. The summed E-state index contributed by atoms with van der Waals surface area (Å²) < 4.78 is 1.79. The van der Waals surface area contributed by atoms with Gasteiger partial charge in [0, 0.05) is 11.8 Å². The van der Waals surface area contributed by atoms with E-state index in [0.29, 0.717) is 6.42 Å². The van der Waals surface area contributed by atoms with E-state index < -0.39 is 0 Å². The van der Waals surface area contributed by atoms with Crippen LogP contribution in [0.3, 0.4) is 0 Å². The molecule has 120 valence electrons. The second kappa shape index (κ2) is 7.37. The Labute approximate surface area is 140 Å². The van der Waals surface area contributed by atoms with Crippen LogP contribution < -0.4 is 5.43 Å². The number of hydrogen-bond acceptors (Lipinski definition) is 3. The van der Waals surface area contributed by atoms with E-state index in [1.807, 2.05) is 73.8 Å².